The molecule has 118 valence electrons. The minimum Gasteiger partial charge on any atom is -0.472 e. The highest BCUT2D eigenvalue weighted by Gasteiger charge is 2.44. The van der Waals surface area contributed by atoms with Gasteiger partial charge in [0.15, 0.2) is 13.4 Å². The summed E-state index contributed by atoms with van der Waals surface area (Å²) in [4.78, 5) is 0. The van der Waals surface area contributed by atoms with Crippen molar-refractivity contribution in [1.29, 1.82) is 0 Å². The van der Waals surface area contributed by atoms with Crippen LogP contribution < -0.4 is 4.74 Å². The van der Waals surface area contributed by atoms with Crippen molar-refractivity contribution in [3.8, 4) is 5.75 Å². The molecule has 1 aromatic carbocycles. The van der Waals surface area contributed by atoms with Crippen LogP contribution in [0.25, 0.3) is 0 Å². The molecule has 1 aliphatic heterocycles. The molecule has 0 bridgehead atoms. The average molecular weight is 430 g/mol. The Labute approximate surface area is 145 Å². The summed E-state index contributed by atoms with van der Waals surface area (Å²) in [7, 11) is -2.94. The second kappa shape index (κ2) is 6.00. The van der Waals surface area contributed by atoms with E-state index in [9.17, 15) is 8.42 Å². The summed E-state index contributed by atoms with van der Waals surface area (Å²) in [6.07, 6.45) is 9.51. The average Bonchev–Trinajstić information content (AvgIpc) is 2.76. The van der Waals surface area contributed by atoms with Crippen molar-refractivity contribution in [1.82, 2.24) is 0 Å². The Hall–Kier alpha value is -0.820. The highest BCUT2D eigenvalue weighted by Crippen LogP contribution is 2.51. The summed E-state index contributed by atoms with van der Waals surface area (Å²) in [6.45, 7) is 1.90. The first-order valence-corrected chi connectivity index (χ1v) is 10.4. The third-order valence-electron chi connectivity index (χ3n) is 4.05. The van der Waals surface area contributed by atoms with Crippen LogP contribution in [0, 0.1) is 0 Å². The second-order valence-electron chi connectivity index (χ2n) is 5.80. The summed E-state index contributed by atoms with van der Waals surface area (Å²) < 4.78 is 29.5. The Kier molecular flexibility index (Phi) is 4.38. The van der Waals surface area contributed by atoms with E-state index in [0.717, 1.165) is 16.9 Å². The standard InChI is InChI=1S/C17H19IO3S/c1-2-10-22(19,20)11-8-13-6-7-16-14(12-13)15-5-3-4-9-17(15,18)21-16/h3-7,9,12,15H,2,8,10-11H2,1H3/t15-,17-/m1/s1. The molecule has 3 nitrogen and oxygen atoms in total. The number of hydrogen-bond donors (Lipinski definition) is 0. The fourth-order valence-electron chi connectivity index (χ4n) is 2.95. The first-order chi connectivity index (χ1) is 10.4. The van der Waals surface area contributed by atoms with Gasteiger partial charge in [-0.1, -0.05) is 37.3 Å². The molecule has 1 aromatic rings. The van der Waals surface area contributed by atoms with Crippen LogP contribution in [0.2, 0.25) is 0 Å². The molecule has 3 rings (SSSR count). The number of benzene rings is 1. The van der Waals surface area contributed by atoms with E-state index in [4.69, 9.17) is 4.74 Å². The molecule has 5 heteroatoms. The molecule has 0 spiro atoms. The maximum absolute atomic E-state index is 11.9. The van der Waals surface area contributed by atoms with Crippen molar-refractivity contribution >= 4 is 32.4 Å². The van der Waals surface area contributed by atoms with E-state index >= 15 is 0 Å². The minimum absolute atomic E-state index is 0.195. The van der Waals surface area contributed by atoms with Crippen LogP contribution in [-0.4, -0.2) is 23.5 Å². The fourth-order valence-corrected chi connectivity index (χ4v) is 5.32. The van der Waals surface area contributed by atoms with Crippen LogP contribution in [-0.2, 0) is 16.3 Å². The molecule has 0 unspecified atom stereocenters. The van der Waals surface area contributed by atoms with E-state index in [2.05, 4.69) is 40.8 Å². The van der Waals surface area contributed by atoms with Gasteiger partial charge in [-0.05, 0) is 53.1 Å². The summed E-state index contributed by atoms with van der Waals surface area (Å²) in [5.41, 5.74) is 2.21. The second-order valence-corrected chi connectivity index (χ2v) is 9.79. The summed E-state index contributed by atoms with van der Waals surface area (Å²) in [5, 5.41) is 0. The predicted octanol–water partition coefficient (Wildman–Crippen LogP) is 3.79. The molecule has 0 amide bonds. The number of halogens is 1. The lowest BCUT2D eigenvalue weighted by molar-refractivity contribution is 0.251. The number of rotatable bonds is 5. The van der Waals surface area contributed by atoms with E-state index in [0.29, 0.717) is 12.8 Å². The highest BCUT2D eigenvalue weighted by molar-refractivity contribution is 14.1. The largest absolute Gasteiger partial charge is 0.472 e. The van der Waals surface area contributed by atoms with Crippen molar-refractivity contribution in [2.45, 2.75) is 29.3 Å². The van der Waals surface area contributed by atoms with Crippen LogP contribution in [0.1, 0.15) is 30.4 Å². The minimum atomic E-state index is -2.94. The Bertz CT molecular complexity index is 736. The normalized spacial score (nSPS) is 25.6. The number of alkyl halides is 1. The maximum Gasteiger partial charge on any atom is 0.188 e. The van der Waals surface area contributed by atoms with Gasteiger partial charge in [-0.3, -0.25) is 0 Å². The molecule has 22 heavy (non-hydrogen) atoms. The zero-order valence-corrected chi connectivity index (χ0v) is 15.4. The highest BCUT2D eigenvalue weighted by atomic mass is 127. The van der Waals surface area contributed by atoms with Gasteiger partial charge in [-0.25, -0.2) is 8.42 Å². The maximum atomic E-state index is 11.9. The SMILES string of the molecule is CCCS(=O)(=O)CCc1ccc2c(c1)[C@H]1C=CC=C[C@@]1(I)O2. The Morgan fingerprint density at radius 1 is 1.27 bits per heavy atom. The molecule has 0 saturated carbocycles. The van der Waals surface area contributed by atoms with Gasteiger partial charge < -0.3 is 4.74 Å². The van der Waals surface area contributed by atoms with Crippen molar-refractivity contribution in [3.63, 3.8) is 0 Å². The number of ether oxygens (including phenoxy) is 1. The lowest BCUT2D eigenvalue weighted by Gasteiger charge is -2.25. The van der Waals surface area contributed by atoms with Crippen LogP contribution >= 0.6 is 22.6 Å². The van der Waals surface area contributed by atoms with Gasteiger partial charge in [-0.15, -0.1) is 0 Å². The smallest absolute Gasteiger partial charge is 0.188 e. The molecule has 1 aliphatic carbocycles. The Morgan fingerprint density at radius 2 is 2.09 bits per heavy atom. The third-order valence-corrected chi connectivity index (χ3v) is 7.16. The number of sulfone groups is 1. The van der Waals surface area contributed by atoms with Gasteiger partial charge in [0.1, 0.15) is 5.75 Å². The third kappa shape index (κ3) is 3.11. The van der Waals surface area contributed by atoms with E-state index in [1.807, 2.05) is 31.2 Å². The zero-order valence-electron chi connectivity index (χ0n) is 12.5. The molecule has 0 fully saturated rings. The van der Waals surface area contributed by atoms with Crippen molar-refractivity contribution < 1.29 is 13.2 Å². The predicted molar refractivity (Wildman–Crippen MR) is 97.5 cm³/mol. The zero-order chi connectivity index (χ0) is 15.8. The molecular formula is C17H19IO3S. The summed E-state index contributed by atoms with van der Waals surface area (Å²) in [6, 6.07) is 6.05. The van der Waals surface area contributed by atoms with Gasteiger partial charge in [0, 0.05) is 11.3 Å². The van der Waals surface area contributed by atoms with E-state index in [-0.39, 0.29) is 21.0 Å². The number of aryl methyl sites for hydroxylation is 1. The van der Waals surface area contributed by atoms with Gasteiger partial charge in [0.25, 0.3) is 0 Å². The van der Waals surface area contributed by atoms with Gasteiger partial charge >= 0.3 is 0 Å². The Morgan fingerprint density at radius 3 is 2.86 bits per heavy atom. The van der Waals surface area contributed by atoms with Crippen LogP contribution in [0.15, 0.2) is 42.5 Å². The first kappa shape index (κ1) is 16.1. The van der Waals surface area contributed by atoms with Crippen LogP contribution in [0.3, 0.4) is 0 Å². The molecule has 0 saturated heterocycles. The first-order valence-electron chi connectivity index (χ1n) is 7.51. The molecule has 1 heterocycles. The molecule has 2 aliphatic rings. The topological polar surface area (TPSA) is 43.4 Å². The number of allylic oxidation sites excluding steroid dienone is 2. The molecule has 0 aromatic heterocycles. The van der Waals surface area contributed by atoms with E-state index < -0.39 is 9.84 Å². The fraction of sp³-hybridized carbons (Fsp3) is 0.412. The Balaban J connectivity index is 1.80. The van der Waals surface area contributed by atoms with E-state index in [1.54, 1.807) is 0 Å². The van der Waals surface area contributed by atoms with Crippen LogP contribution in [0.4, 0.5) is 0 Å². The summed E-state index contributed by atoms with van der Waals surface area (Å²) in [5.74, 6) is 1.58. The molecule has 0 N–H and O–H groups in total. The van der Waals surface area contributed by atoms with Gasteiger partial charge in [0.05, 0.1) is 11.7 Å². The lowest BCUT2D eigenvalue weighted by atomic mass is 9.91. The van der Waals surface area contributed by atoms with Crippen molar-refractivity contribution in [2.24, 2.45) is 0 Å². The van der Waals surface area contributed by atoms with Gasteiger partial charge in [0.2, 0.25) is 0 Å². The lowest BCUT2D eigenvalue weighted by Crippen LogP contribution is -2.28. The monoisotopic (exact) mass is 430 g/mol. The van der Waals surface area contributed by atoms with Gasteiger partial charge in [-0.2, -0.15) is 0 Å². The molecule has 2 atom stereocenters. The van der Waals surface area contributed by atoms with Crippen molar-refractivity contribution in [2.75, 3.05) is 11.5 Å². The number of fused-ring (bicyclic) bond motifs is 3. The van der Waals surface area contributed by atoms with E-state index in [1.165, 1.54) is 0 Å². The quantitative estimate of drug-likeness (QED) is 0.528. The molecular weight excluding hydrogens is 411 g/mol. The summed E-state index contributed by atoms with van der Waals surface area (Å²) >= 11 is 2.34. The van der Waals surface area contributed by atoms with Crippen LogP contribution in [0.5, 0.6) is 5.75 Å². The van der Waals surface area contributed by atoms with Crippen molar-refractivity contribution in [3.05, 3.63) is 53.6 Å². The molecule has 0 radical (unpaired) electrons. The number of hydrogen-bond acceptors (Lipinski definition) is 3.